The average Bonchev–Trinajstić information content (AvgIpc) is 3.24. The van der Waals surface area contributed by atoms with E-state index in [0.717, 1.165) is 26.6 Å². The third kappa shape index (κ3) is 3.07. The Kier molecular flexibility index (Phi) is 3.88. The van der Waals surface area contributed by atoms with Crippen LogP contribution in [-0.4, -0.2) is 19.5 Å². The molecule has 0 spiro atoms. The number of halogens is 2. The van der Waals surface area contributed by atoms with Gasteiger partial charge in [-0.1, -0.05) is 23.7 Å². The minimum Gasteiger partial charge on any atom is -0.345 e. The summed E-state index contributed by atoms with van der Waals surface area (Å²) in [7, 11) is 0. The molecule has 1 aromatic heterocycles. The van der Waals surface area contributed by atoms with Gasteiger partial charge in [0.25, 0.3) is 0 Å². The van der Waals surface area contributed by atoms with Crippen molar-refractivity contribution in [2.75, 3.05) is 0 Å². The van der Waals surface area contributed by atoms with Crippen molar-refractivity contribution in [1.29, 1.82) is 0 Å². The number of nitrogens with zero attached hydrogens (tertiary/aromatic N) is 4. The predicted octanol–water partition coefficient (Wildman–Crippen LogP) is 5.50. The van der Waals surface area contributed by atoms with Crippen LogP contribution in [0.3, 0.4) is 0 Å². The smallest absolute Gasteiger partial charge is 0.163 e. The Labute approximate surface area is 163 Å². The second-order valence-electron chi connectivity index (χ2n) is 6.13. The van der Waals surface area contributed by atoms with E-state index in [9.17, 15) is 4.39 Å². The van der Waals surface area contributed by atoms with Crippen LogP contribution in [0.5, 0.6) is 0 Å². The van der Waals surface area contributed by atoms with Gasteiger partial charge in [0.1, 0.15) is 16.5 Å². The summed E-state index contributed by atoms with van der Waals surface area (Å²) in [5.74, 6) is 0.0734. The quantitative estimate of drug-likeness (QED) is 0.406. The molecule has 0 N–H and O–H groups in total. The third-order valence-corrected chi connectivity index (χ3v) is 5.51. The molecule has 0 unspecified atom stereocenters. The number of hydrogen-bond donors (Lipinski definition) is 0. The van der Waals surface area contributed by atoms with E-state index in [4.69, 9.17) is 11.6 Å². The Balaban J connectivity index is 1.49. The third-order valence-electron chi connectivity index (χ3n) is 4.25. The van der Waals surface area contributed by atoms with Crippen molar-refractivity contribution in [2.45, 2.75) is 6.54 Å². The van der Waals surface area contributed by atoms with Gasteiger partial charge in [0.2, 0.25) is 0 Å². The summed E-state index contributed by atoms with van der Waals surface area (Å²) in [5, 5.41) is 1.66. The highest BCUT2D eigenvalue weighted by molar-refractivity contribution is 7.18. The van der Waals surface area contributed by atoms with Gasteiger partial charge in [-0.3, -0.25) is 0 Å². The maximum absolute atomic E-state index is 14.0. The molecule has 0 fully saturated rings. The van der Waals surface area contributed by atoms with Crippen molar-refractivity contribution >= 4 is 33.2 Å². The molecule has 7 heteroatoms. The van der Waals surface area contributed by atoms with Crippen molar-refractivity contribution in [3.8, 4) is 22.8 Å². The van der Waals surface area contributed by atoms with Crippen LogP contribution in [0.2, 0.25) is 5.02 Å². The molecule has 0 saturated carbocycles. The van der Waals surface area contributed by atoms with Gasteiger partial charge in [0.05, 0.1) is 28.0 Å². The van der Waals surface area contributed by atoms with Crippen LogP contribution >= 0.6 is 22.9 Å². The summed E-state index contributed by atoms with van der Waals surface area (Å²) in [4.78, 5) is 13.6. The zero-order chi connectivity index (χ0) is 18.4. The first-order chi connectivity index (χ1) is 13.2. The number of rotatable bonds is 3. The lowest BCUT2D eigenvalue weighted by atomic mass is 10.2. The summed E-state index contributed by atoms with van der Waals surface area (Å²) >= 11 is 7.67. The molecular weight excluding hydrogens is 383 g/mol. The number of fused-ring (bicyclic) bond motifs is 2. The molecule has 2 aliphatic heterocycles. The Morgan fingerprint density at radius 1 is 1.00 bits per heavy atom. The molecule has 0 radical (unpaired) electrons. The van der Waals surface area contributed by atoms with Gasteiger partial charge in [-0.2, -0.15) is 0 Å². The molecule has 0 atom stereocenters. The number of benzene rings is 2. The van der Waals surface area contributed by atoms with Crippen molar-refractivity contribution in [1.82, 2.24) is 19.5 Å². The van der Waals surface area contributed by atoms with E-state index in [1.54, 1.807) is 29.5 Å². The second-order valence-corrected chi connectivity index (χ2v) is 7.69. The molecular formula is C20H12ClFN4S. The minimum absolute atomic E-state index is 0.325. The first-order valence-corrected chi connectivity index (χ1v) is 9.48. The summed E-state index contributed by atoms with van der Waals surface area (Å²) < 4.78 is 17.1. The fraction of sp³-hybridized carbons (Fsp3) is 0.0500. The van der Waals surface area contributed by atoms with E-state index in [2.05, 4.69) is 15.0 Å². The minimum atomic E-state index is -0.325. The number of imidazole rings is 1. The highest BCUT2D eigenvalue weighted by atomic mass is 35.5. The summed E-state index contributed by atoms with van der Waals surface area (Å²) in [6, 6.07) is 14.1. The lowest BCUT2D eigenvalue weighted by Gasteiger charge is -2.05. The van der Waals surface area contributed by atoms with E-state index in [-0.39, 0.29) is 5.82 Å². The van der Waals surface area contributed by atoms with Gasteiger partial charge >= 0.3 is 0 Å². The summed E-state index contributed by atoms with van der Waals surface area (Å²) in [6.07, 6.45) is 3.84. The van der Waals surface area contributed by atoms with Gasteiger partial charge in [0.15, 0.2) is 5.82 Å². The maximum Gasteiger partial charge on any atom is 0.163 e. The zero-order valence-electron chi connectivity index (χ0n) is 13.9. The molecule has 0 saturated heterocycles. The van der Waals surface area contributed by atoms with Gasteiger partial charge in [-0.05, 0) is 36.4 Å². The first kappa shape index (κ1) is 16.4. The molecule has 0 aliphatic carbocycles. The fourth-order valence-electron chi connectivity index (χ4n) is 2.99. The topological polar surface area (TPSA) is 43.6 Å². The monoisotopic (exact) mass is 394 g/mol. The van der Waals surface area contributed by atoms with Crippen LogP contribution in [0, 0.1) is 5.82 Å². The molecule has 2 aromatic carbocycles. The zero-order valence-corrected chi connectivity index (χ0v) is 15.5. The SMILES string of the molecule is Fc1ccccc1-c1nc2ccn(Cc3nc4cc(Cl)ccc4s3)cc-2n1. The molecule has 27 heavy (non-hydrogen) atoms. The van der Waals surface area contributed by atoms with Crippen LogP contribution in [0.25, 0.3) is 33.0 Å². The molecule has 0 amide bonds. The molecule has 3 aromatic rings. The van der Waals surface area contributed by atoms with Crippen molar-refractivity contribution in [3.05, 3.63) is 76.8 Å². The van der Waals surface area contributed by atoms with E-state index < -0.39 is 0 Å². The first-order valence-electron chi connectivity index (χ1n) is 8.29. The van der Waals surface area contributed by atoms with Gasteiger partial charge in [0, 0.05) is 17.4 Å². The fourth-order valence-corrected chi connectivity index (χ4v) is 4.11. The highest BCUT2D eigenvalue weighted by Crippen LogP contribution is 2.28. The van der Waals surface area contributed by atoms with E-state index in [0.29, 0.717) is 23.0 Å². The Morgan fingerprint density at radius 3 is 2.74 bits per heavy atom. The van der Waals surface area contributed by atoms with Crippen LogP contribution in [0.15, 0.2) is 60.9 Å². The second kappa shape index (κ2) is 6.40. The van der Waals surface area contributed by atoms with E-state index in [1.807, 2.05) is 41.2 Å². The van der Waals surface area contributed by atoms with Crippen molar-refractivity contribution in [2.24, 2.45) is 0 Å². The number of hydrogen-bond acceptors (Lipinski definition) is 4. The van der Waals surface area contributed by atoms with Gasteiger partial charge < -0.3 is 4.57 Å². The normalized spacial score (nSPS) is 11.5. The largest absolute Gasteiger partial charge is 0.345 e. The lowest BCUT2D eigenvalue weighted by molar-refractivity contribution is 0.630. The van der Waals surface area contributed by atoms with Crippen LogP contribution < -0.4 is 0 Å². The van der Waals surface area contributed by atoms with Gasteiger partial charge in [-0.25, -0.2) is 19.3 Å². The summed E-state index contributed by atoms with van der Waals surface area (Å²) in [6.45, 7) is 0.620. The Hall–Kier alpha value is -2.83. The van der Waals surface area contributed by atoms with Crippen LogP contribution in [0.4, 0.5) is 4.39 Å². The Morgan fingerprint density at radius 2 is 1.85 bits per heavy atom. The van der Waals surface area contributed by atoms with Crippen molar-refractivity contribution in [3.63, 3.8) is 0 Å². The van der Waals surface area contributed by atoms with Crippen LogP contribution in [0.1, 0.15) is 5.01 Å². The van der Waals surface area contributed by atoms with Crippen molar-refractivity contribution < 1.29 is 4.39 Å². The molecule has 2 aliphatic rings. The maximum atomic E-state index is 14.0. The predicted molar refractivity (Wildman–Crippen MR) is 106 cm³/mol. The molecule has 5 rings (SSSR count). The molecule has 132 valence electrons. The standard InChI is InChI=1S/C20H12ClFN4S/c21-12-5-6-18-16(9-12)23-19(27-18)11-26-8-7-15-17(10-26)25-20(24-15)13-3-1-2-4-14(13)22/h1-10H,11H2. The highest BCUT2D eigenvalue weighted by Gasteiger charge is 2.15. The number of thiazole rings is 1. The number of pyridine rings is 1. The summed E-state index contributed by atoms with van der Waals surface area (Å²) in [5.41, 5.74) is 2.77. The number of aromatic nitrogens is 4. The Bertz CT molecular complexity index is 1250. The molecule has 4 nitrogen and oxygen atoms in total. The molecule has 0 bridgehead atoms. The average molecular weight is 395 g/mol. The molecule has 3 heterocycles. The van der Waals surface area contributed by atoms with Crippen LogP contribution in [-0.2, 0) is 6.54 Å². The van der Waals surface area contributed by atoms with Gasteiger partial charge in [-0.15, -0.1) is 11.3 Å². The van der Waals surface area contributed by atoms with E-state index >= 15 is 0 Å². The lowest BCUT2D eigenvalue weighted by Crippen LogP contribution is -2.00. The van der Waals surface area contributed by atoms with E-state index in [1.165, 1.54) is 6.07 Å².